The van der Waals surface area contributed by atoms with Gasteiger partial charge in [-0.1, -0.05) is 0 Å². The van der Waals surface area contributed by atoms with Crippen LogP contribution in [0.2, 0.25) is 0 Å². The smallest absolute Gasteiger partial charge is 0.262 e. The van der Waals surface area contributed by atoms with Gasteiger partial charge in [0.1, 0.15) is 45.7 Å². The summed E-state index contributed by atoms with van der Waals surface area (Å²) in [5.41, 5.74) is 7.12. The number of pyridine rings is 4. The quantitative estimate of drug-likeness (QED) is 0.0976. The number of nitrogens with two attached hydrogens (primary N) is 1. The number of nitrogen functional groups attached to an aromatic ring is 1. The predicted molar refractivity (Wildman–Crippen MR) is 186 cm³/mol. The number of aromatic nitrogens is 6. The summed E-state index contributed by atoms with van der Waals surface area (Å²) in [6, 6.07) is 6.81. The molecule has 6 aromatic heterocycles. The van der Waals surface area contributed by atoms with E-state index in [0.717, 1.165) is 41.8 Å². The molecule has 52 heavy (non-hydrogen) atoms. The highest BCUT2D eigenvalue weighted by atomic mass is 35.5. The van der Waals surface area contributed by atoms with Gasteiger partial charge in [0.05, 0.1) is 30.1 Å². The van der Waals surface area contributed by atoms with Gasteiger partial charge in [0, 0.05) is 37.4 Å². The van der Waals surface area contributed by atoms with E-state index in [1.54, 1.807) is 32.2 Å². The first kappa shape index (κ1) is 41.0. The minimum absolute atomic E-state index is 0.150. The molecule has 0 saturated carbocycles. The number of halogens is 7. The van der Waals surface area contributed by atoms with Crippen molar-refractivity contribution in [2.75, 3.05) is 16.4 Å². The van der Waals surface area contributed by atoms with Crippen molar-refractivity contribution >= 4 is 57.6 Å². The Labute approximate surface area is 308 Å². The van der Waals surface area contributed by atoms with E-state index in [9.17, 15) is 27.2 Å². The zero-order chi connectivity index (χ0) is 38.5. The SMILES string of the molecule is Cc1nc(-c2ccc(N)nc2)c(C)o1.Cc1nc(-c2ccc(NC(=O)c3c(F)cncc3F)nc2)c(C)o1.ClCCl.O=C(Cl)c1c(F)cncc1F. The molecular formula is C33H27Cl3F4N8O4. The van der Waals surface area contributed by atoms with Gasteiger partial charge >= 0.3 is 0 Å². The second-order valence-corrected chi connectivity index (χ2v) is 11.1. The predicted octanol–water partition coefficient (Wildman–Crippen LogP) is 8.37. The third-order valence-corrected chi connectivity index (χ3v) is 6.46. The van der Waals surface area contributed by atoms with Gasteiger partial charge in [-0.15, -0.1) is 23.2 Å². The lowest BCUT2D eigenvalue weighted by molar-refractivity contribution is 0.101. The number of alkyl halides is 2. The molecule has 6 rings (SSSR count). The van der Waals surface area contributed by atoms with Crippen molar-refractivity contribution in [3.8, 4) is 22.5 Å². The number of amides is 1. The van der Waals surface area contributed by atoms with Gasteiger partial charge < -0.3 is 19.9 Å². The van der Waals surface area contributed by atoms with Crippen LogP contribution in [0, 0.1) is 51.0 Å². The molecule has 0 aromatic carbocycles. The highest BCUT2D eigenvalue weighted by molar-refractivity contribution is 6.67. The first-order valence-electron chi connectivity index (χ1n) is 14.4. The molecule has 0 radical (unpaired) electrons. The summed E-state index contributed by atoms with van der Waals surface area (Å²) >= 11 is 14.4. The average Bonchev–Trinajstić information content (AvgIpc) is 3.60. The fraction of sp³-hybridized carbons (Fsp3) is 0.152. The molecule has 6 aromatic rings. The van der Waals surface area contributed by atoms with Crippen LogP contribution in [-0.4, -0.2) is 46.4 Å². The standard InChI is InChI=1S/C16H12F2N4O2.C10H11N3O.C6H2ClF2NO.CH2Cl2/c1-8-15(21-9(2)24-8)10-3-4-13(20-5-10)22-16(23)14-11(17)6-19-7-12(14)18;1-6-10(13-7(2)14-6)8-3-4-9(11)12-5-8;7-6(11)5-3(8)1-10-2-4(5)9;2-1-3/h3-7H,1-2H3,(H,20,22,23);3-5H,1-2H3,(H2,11,12);1-2H;1H2. The molecule has 0 spiro atoms. The van der Waals surface area contributed by atoms with Gasteiger partial charge in [0.15, 0.2) is 35.1 Å². The maximum absolute atomic E-state index is 13.5. The fourth-order valence-corrected chi connectivity index (χ4v) is 4.33. The number of aryl methyl sites for hydroxylation is 4. The van der Waals surface area contributed by atoms with E-state index in [1.807, 2.05) is 19.9 Å². The molecule has 6 heterocycles. The second-order valence-electron chi connectivity index (χ2n) is 9.96. The van der Waals surface area contributed by atoms with Crippen LogP contribution in [0.3, 0.4) is 0 Å². The molecular weight excluding hydrogens is 755 g/mol. The van der Waals surface area contributed by atoms with Gasteiger partial charge in [-0.25, -0.2) is 37.5 Å². The van der Waals surface area contributed by atoms with Gasteiger partial charge in [0.2, 0.25) is 0 Å². The molecule has 0 saturated heterocycles. The van der Waals surface area contributed by atoms with Crippen LogP contribution in [-0.2, 0) is 0 Å². The van der Waals surface area contributed by atoms with Crippen molar-refractivity contribution in [2.45, 2.75) is 27.7 Å². The Kier molecular flexibility index (Phi) is 15.2. The molecule has 3 N–H and O–H groups in total. The number of hydrogen-bond acceptors (Lipinski definition) is 11. The lowest BCUT2D eigenvalue weighted by atomic mass is 10.2. The Morgan fingerprint density at radius 1 is 0.692 bits per heavy atom. The first-order valence-corrected chi connectivity index (χ1v) is 15.9. The topological polar surface area (TPSA) is 176 Å². The molecule has 1 amide bonds. The molecule has 0 aliphatic rings. The van der Waals surface area contributed by atoms with E-state index >= 15 is 0 Å². The summed E-state index contributed by atoms with van der Waals surface area (Å²) in [6.07, 6.45) is 6.16. The third kappa shape index (κ3) is 11.3. The Bertz CT molecular complexity index is 2090. The second kappa shape index (κ2) is 19.2. The molecule has 0 atom stereocenters. The molecule has 12 nitrogen and oxygen atoms in total. The molecule has 0 bridgehead atoms. The number of carbonyl (C=O) groups is 2. The molecule has 0 unspecified atom stereocenters. The van der Waals surface area contributed by atoms with Crippen LogP contribution in [0.4, 0.5) is 29.2 Å². The maximum atomic E-state index is 13.5. The summed E-state index contributed by atoms with van der Waals surface area (Å²) in [5.74, 6) is -1.84. The summed E-state index contributed by atoms with van der Waals surface area (Å²) in [5, 5.41) is 1.37. The minimum Gasteiger partial charge on any atom is -0.446 e. The number of carbonyl (C=O) groups excluding carboxylic acids is 2. The summed E-state index contributed by atoms with van der Waals surface area (Å²) < 4.78 is 62.7. The maximum Gasteiger partial charge on any atom is 0.262 e. The van der Waals surface area contributed by atoms with E-state index in [0.29, 0.717) is 34.6 Å². The first-order chi connectivity index (χ1) is 24.7. The van der Waals surface area contributed by atoms with Gasteiger partial charge in [-0.3, -0.25) is 19.6 Å². The van der Waals surface area contributed by atoms with Crippen molar-refractivity contribution in [1.82, 2.24) is 29.9 Å². The molecule has 0 aliphatic carbocycles. The highest BCUT2D eigenvalue weighted by Crippen LogP contribution is 2.24. The number of anilines is 2. The van der Waals surface area contributed by atoms with Crippen LogP contribution >= 0.6 is 34.8 Å². The lowest BCUT2D eigenvalue weighted by Crippen LogP contribution is -2.16. The van der Waals surface area contributed by atoms with Crippen LogP contribution < -0.4 is 11.1 Å². The van der Waals surface area contributed by atoms with Crippen LogP contribution in [0.15, 0.2) is 70.3 Å². The van der Waals surface area contributed by atoms with Gasteiger partial charge in [-0.2, -0.15) is 0 Å². The Morgan fingerprint density at radius 2 is 1.12 bits per heavy atom. The summed E-state index contributed by atoms with van der Waals surface area (Å²) in [4.78, 5) is 45.4. The highest BCUT2D eigenvalue weighted by Gasteiger charge is 2.19. The third-order valence-electron chi connectivity index (χ3n) is 6.28. The van der Waals surface area contributed by atoms with Gasteiger partial charge in [0.25, 0.3) is 11.1 Å². The summed E-state index contributed by atoms with van der Waals surface area (Å²) in [6.45, 7) is 7.21. The van der Waals surface area contributed by atoms with Crippen molar-refractivity contribution in [1.29, 1.82) is 0 Å². The molecule has 0 fully saturated rings. The monoisotopic (exact) mass is 780 g/mol. The minimum atomic E-state index is -1.16. The normalized spacial score (nSPS) is 10.1. The van der Waals surface area contributed by atoms with Crippen molar-refractivity contribution in [3.05, 3.63) is 119 Å². The average molecular weight is 782 g/mol. The number of nitrogens with one attached hydrogen (secondary N) is 1. The van der Waals surface area contributed by atoms with E-state index in [-0.39, 0.29) is 11.2 Å². The fourth-order valence-electron chi connectivity index (χ4n) is 4.15. The molecule has 0 aliphatic heterocycles. The van der Waals surface area contributed by atoms with Crippen LogP contribution in [0.25, 0.3) is 22.5 Å². The Hall–Kier alpha value is -5.45. The number of nitrogens with zero attached hydrogens (tertiary/aromatic N) is 6. The largest absolute Gasteiger partial charge is 0.446 e. The van der Waals surface area contributed by atoms with Gasteiger partial charge in [-0.05, 0) is 49.7 Å². The Balaban J connectivity index is 0.000000220. The number of rotatable bonds is 5. The number of oxazole rings is 2. The Morgan fingerprint density at radius 3 is 1.44 bits per heavy atom. The van der Waals surface area contributed by atoms with E-state index in [1.165, 1.54) is 12.3 Å². The number of hydrogen-bond donors (Lipinski definition) is 2. The van der Waals surface area contributed by atoms with E-state index in [2.05, 4.69) is 35.2 Å². The molecule has 272 valence electrons. The van der Waals surface area contributed by atoms with Crippen LogP contribution in [0.5, 0.6) is 0 Å². The van der Waals surface area contributed by atoms with Crippen molar-refractivity contribution < 1.29 is 36.0 Å². The molecule has 19 heteroatoms. The summed E-state index contributed by atoms with van der Waals surface area (Å²) in [7, 11) is 0. The van der Waals surface area contributed by atoms with Crippen molar-refractivity contribution in [2.24, 2.45) is 0 Å². The lowest BCUT2D eigenvalue weighted by Gasteiger charge is -2.06. The van der Waals surface area contributed by atoms with E-state index in [4.69, 9.17) is 49.4 Å². The van der Waals surface area contributed by atoms with Crippen LogP contribution in [0.1, 0.15) is 44.0 Å². The zero-order valence-electron chi connectivity index (χ0n) is 27.5. The van der Waals surface area contributed by atoms with E-state index < -0.39 is 45.5 Å². The van der Waals surface area contributed by atoms with Crippen molar-refractivity contribution in [3.63, 3.8) is 0 Å². The zero-order valence-corrected chi connectivity index (χ0v) is 29.8.